The average molecular weight is 391 g/mol. The topological polar surface area (TPSA) is 177 Å². The van der Waals surface area contributed by atoms with E-state index in [4.69, 9.17) is 16.6 Å². The van der Waals surface area contributed by atoms with E-state index in [9.17, 15) is 19.2 Å². The van der Waals surface area contributed by atoms with Gasteiger partial charge in [-0.25, -0.2) is 0 Å². The van der Waals surface area contributed by atoms with Crippen molar-refractivity contribution in [3.05, 3.63) is 0 Å². The first-order valence-electron chi connectivity index (χ1n) is 8.33. The Bertz CT molecular complexity index is 477. The zero-order valence-corrected chi connectivity index (χ0v) is 15.8. The Labute approximate surface area is 157 Å². The smallest absolute Gasteiger partial charge is 0.322 e. The summed E-state index contributed by atoms with van der Waals surface area (Å²) >= 11 is 1.49. The Hall–Kier alpha value is -1.85. The Balaban J connectivity index is 4.39. The number of carboxylic acid groups (broad SMARTS) is 1. The third kappa shape index (κ3) is 11.7. The largest absolute Gasteiger partial charge is 0.480 e. The van der Waals surface area contributed by atoms with Crippen LogP contribution in [0.25, 0.3) is 0 Å². The quantitative estimate of drug-likeness (QED) is 0.184. The van der Waals surface area contributed by atoms with Crippen molar-refractivity contribution in [1.82, 2.24) is 16.0 Å². The second-order valence-electron chi connectivity index (χ2n) is 5.62. The molecule has 3 amide bonds. The fraction of sp³-hybridized carbons (Fsp3) is 0.733. The highest BCUT2D eigenvalue weighted by atomic mass is 32.2. The van der Waals surface area contributed by atoms with E-state index in [1.54, 1.807) is 0 Å². The predicted molar refractivity (Wildman–Crippen MR) is 99.5 cm³/mol. The summed E-state index contributed by atoms with van der Waals surface area (Å²) in [7, 11) is 0. The molecule has 0 bridgehead atoms. The molecule has 2 atom stereocenters. The van der Waals surface area contributed by atoms with Crippen LogP contribution in [0, 0.1) is 0 Å². The zero-order chi connectivity index (χ0) is 19.9. The number of nitrogens with two attached hydrogens (primary N) is 2. The lowest BCUT2D eigenvalue weighted by molar-refractivity contribution is -0.138. The van der Waals surface area contributed by atoms with E-state index < -0.39 is 42.3 Å². The molecule has 0 radical (unpaired) electrons. The molecule has 26 heavy (non-hydrogen) atoms. The molecule has 0 rings (SSSR count). The van der Waals surface area contributed by atoms with E-state index in [0.717, 1.165) is 12.8 Å². The molecule has 2 unspecified atom stereocenters. The summed E-state index contributed by atoms with van der Waals surface area (Å²) in [5.74, 6) is -2.16. The van der Waals surface area contributed by atoms with Crippen molar-refractivity contribution in [2.24, 2.45) is 11.5 Å². The lowest BCUT2D eigenvalue weighted by atomic mass is 10.1. The molecule has 0 aliphatic rings. The maximum Gasteiger partial charge on any atom is 0.322 e. The molecule has 150 valence electrons. The van der Waals surface area contributed by atoms with E-state index in [-0.39, 0.29) is 6.54 Å². The number of carboxylic acids is 1. The molecule has 0 fully saturated rings. The number of aliphatic carboxylic acids is 1. The standard InChI is InChI=1S/C15H29N5O5S/c1-26-7-5-11(15(25)19-9-13(22)23)20-12(21)8-18-14(24)10(17)4-2-3-6-16/h10-11H,2-9,16-17H2,1H3,(H,18,24)(H,19,25)(H,20,21)(H,22,23). The number of carbonyl (C=O) groups is 4. The van der Waals surface area contributed by atoms with Gasteiger partial charge >= 0.3 is 5.97 Å². The maximum atomic E-state index is 12.0. The second kappa shape index (κ2) is 14.3. The third-order valence-electron chi connectivity index (χ3n) is 3.41. The molecule has 0 spiro atoms. The van der Waals surface area contributed by atoms with Crippen LogP contribution in [-0.2, 0) is 19.2 Å². The second-order valence-corrected chi connectivity index (χ2v) is 6.61. The highest BCUT2D eigenvalue weighted by molar-refractivity contribution is 7.98. The molecule has 0 saturated carbocycles. The normalized spacial score (nSPS) is 12.7. The van der Waals surface area contributed by atoms with Gasteiger partial charge in [-0.15, -0.1) is 0 Å². The van der Waals surface area contributed by atoms with Crippen LogP contribution < -0.4 is 27.4 Å². The van der Waals surface area contributed by atoms with Gasteiger partial charge in [-0.2, -0.15) is 11.8 Å². The molecule has 8 N–H and O–H groups in total. The highest BCUT2D eigenvalue weighted by Gasteiger charge is 2.21. The van der Waals surface area contributed by atoms with Crippen molar-refractivity contribution in [3.8, 4) is 0 Å². The van der Waals surface area contributed by atoms with Gasteiger partial charge in [-0.1, -0.05) is 6.42 Å². The maximum absolute atomic E-state index is 12.0. The number of nitrogens with one attached hydrogen (secondary N) is 3. The number of hydrogen-bond donors (Lipinski definition) is 6. The lowest BCUT2D eigenvalue weighted by Crippen LogP contribution is -2.51. The Morgan fingerprint density at radius 1 is 1.04 bits per heavy atom. The summed E-state index contributed by atoms with van der Waals surface area (Å²) in [5.41, 5.74) is 11.1. The number of thioether (sulfide) groups is 1. The van der Waals surface area contributed by atoms with Crippen LogP contribution in [-0.4, -0.2) is 72.5 Å². The van der Waals surface area contributed by atoms with Gasteiger partial charge in [0, 0.05) is 0 Å². The fourth-order valence-electron chi connectivity index (χ4n) is 1.97. The molecular formula is C15H29N5O5S. The third-order valence-corrected chi connectivity index (χ3v) is 4.05. The summed E-state index contributed by atoms with van der Waals surface area (Å²) in [5, 5.41) is 15.7. The number of carbonyl (C=O) groups excluding carboxylic acids is 3. The van der Waals surface area contributed by atoms with E-state index in [1.807, 2.05) is 6.26 Å². The van der Waals surface area contributed by atoms with E-state index in [0.29, 0.717) is 25.1 Å². The monoisotopic (exact) mass is 391 g/mol. The van der Waals surface area contributed by atoms with Crippen molar-refractivity contribution in [3.63, 3.8) is 0 Å². The lowest BCUT2D eigenvalue weighted by Gasteiger charge is -2.18. The Kier molecular flexibility index (Phi) is 13.3. The van der Waals surface area contributed by atoms with Gasteiger partial charge in [0.1, 0.15) is 12.6 Å². The molecule has 0 saturated heterocycles. The van der Waals surface area contributed by atoms with Crippen LogP contribution in [0.15, 0.2) is 0 Å². The van der Waals surface area contributed by atoms with Crippen LogP contribution in [0.1, 0.15) is 25.7 Å². The van der Waals surface area contributed by atoms with Gasteiger partial charge in [-0.3, -0.25) is 19.2 Å². The predicted octanol–water partition coefficient (Wildman–Crippen LogP) is -2.00. The summed E-state index contributed by atoms with van der Waals surface area (Å²) in [4.78, 5) is 46.3. The zero-order valence-electron chi connectivity index (χ0n) is 15.0. The van der Waals surface area contributed by atoms with Gasteiger partial charge in [0.15, 0.2) is 0 Å². The van der Waals surface area contributed by atoms with Gasteiger partial charge in [-0.05, 0) is 37.8 Å². The molecule has 0 aliphatic carbocycles. The summed E-state index contributed by atoms with van der Waals surface area (Å²) < 4.78 is 0. The Morgan fingerprint density at radius 2 is 1.69 bits per heavy atom. The minimum atomic E-state index is -1.18. The first-order valence-corrected chi connectivity index (χ1v) is 9.72. The van der Waals surface area contributed by atoms with Crippen LogP contribution >= 0.6 is 11.8 Å². The molecular weight excluding hydrogens is 362 g/mol. The fourth-order valence-corrected chi connectivity index (χ4v) is 2.45. The number of unbranched alkanes of at least 4 members (excludes halogenated alkanes) is 1. The number of amides is 3. The van der Waals surface area contributed by atoms with Gasteiger partial charge in [0.25, 0.3) is 0 Å². The molecule has 10 nitrogen and oxygen atoms in total. The average Bonchev–Trinajstić information content (AvgIpc) is 2.60. The van der Waals surface area contributed by atoms with E-state index in [2.05, 4.69) is 16.0 Å². The summed E-state index contributed by atoms with van der Waals surface area (Å²) in [6, 6.07) is -1.59. The van der Waals surface area contributed by atoms with Gasteiger partial charge < -0.3 is 32.5 Å². The molecule has 0 aromatic heterocycles. The van der Waals surface area contributed by atoms with Crippen LogP contribution in [0.3, 0.4) is 0 Å². The van der Waals surface area contributed by atoms with Crippen molar-refractivity contribution in [2.75, 3.05) is 31.6 Å². The summed E-state index contributed by atoms with van der Waals surface area (Å²) in [6.07, 6.45) is 4.14. The van der Waals surface area contributed by atoms with Crippen LogP contribution in [0.5, 0.6) is 0 Å². The summed E-state index contributed by atoms with van der Waals surface area (Å²) in [6.45, 7) is -0.317. The molecule has 11 heteroatoms. The Morgan fingerprint density at radius 3 is 2.27 bits per heavy atom. The number of hydrogen-bond acceptors (Lipinski definition) is 7. The van der Waals surface area contributed by atoms with Crippen molar-refractivity contribution < 1.29 is 24.3 Å². The van der Waals surface area contributed by atoms with Crippen LogP contribution in [0.4, 0.5) is 0 Å². The van der Waals surface area contributed by atoms with Crippen molar-refractivity contribution >= 4 is 35.5 Å². The van der Waals surface area contributed by atoms with Gasteiger partial charge in [0.05, 0.1) is 12.6 Å². The SMILES string of the molecule is CSCCC(NC(=O)CNC(=O)C(N)CCCCN)C(=O)NCC(=O)O. The molecule has 0 aliphatic heterocycles. The van der Waals surface area contributed by atoms with Crippen molar-refractivity contribution in [1.29, 1.82) is 0 Å². The van der Waals surface area contributed by atoms with E-state index >= 15 is 0 Å². The molecule has 0 heterocycles. The first-order chi connectivity index (χ1) is 12.3. The van der Waals surface area contributed by atoms with Crippen LogP contribution in [0.2, 0.25) is 0 Å². The minimum Gasteiger partial charge on any atom is -0.480 e. The molecule has 0 aromatic rings. The molecule has 0 aromatic carbocycles. The van der Waals surface area contributed by atoms with E-state index in [1.165, 1.54) is 11.8 Å². The number of rotatable bonds is 14. The minimum absolute atomic E-state index is 0.314. The van der Waals surface area contributed by atoms with Gasteiger partial charge in [0.2, 0.25) is 17.7 Å². The first kappa shape index (κ1) is 24.1. The van der Waals surface area contributed by atoms with Crippen molar-refractivity contribution in [2.45, 2.75) is 37.8 Å². The highest BCUT2D eigenvalue weighted by Crippen LogP contribution is 2.01.